The average Bonchev–Trinajstić information content (AvgIpc) is 1.50. The molecule has 0 aliphatic carbocycles. The Morgan fingerprint density at radius 2 is 1.50 bits per heavy atom. The van der Waals surface area contributed by atoms with Gasteiger partial charge in [0.25, 0.3) is 0 Å². The zero-order chi connectivity index (χ0) is 4.00. The van der Waals surface area contributed by atoms with E-state index in [1.54, 1.807) is 0 Å². The van der Waals surface area contributed by atoms with E-state index in [4.69, 9.17) is 0.938 Å². The van der Waals surface area contributed by atoms with Crippen LogP contribution in [0.2, 0.25) is 0 Å². The summed E-state index contributed by atoms with van der Waals surface area (Å²) in [6.07, 6.45) is 0. The normalized spacial score (nSPS) is 1.75. The van der Waals surface area contributed by atoms with Crippen molar-refractivity contribution in [2.75, 3.05) is 0 Å². The van der Waals surface area contributed by atoms with Crippen molar-refractivity contribution in [1.82, 2.24) is 0 Å². The molecule has 4 heavy (non-hydrogen) atoms. The Balaban J connectivity index is 0. The Bertz CT molecular complexity index is 10.0. The van der Waals surface area contributed by atoms with Gasteiger partial charge in [-0.25, -0.2) is 0 Å². The second-order valence-electron chi connectivity index (χ2n) is 0. The quantitative estimate of drug-likeness (QED) is 0.577. The van der Waals surface area contributed by atoms with Crippen LogP contribution in [-0.4, -0.2) is 0 Å². The summed E-state index contributed by atoms with van der Waals surface area (Å²) in [7, 11) is 3.90. The van der Waals surface area contributed by atoms with Gasteiger partial charge in [-0.05, 0) is 0 Å². The molecule has 0 saturated carbocycles. The SMILES string of the molecule is [O]=[Ce].[S]=[Mn]. The first kappa shape index (κ1) is 9.32. The Morgan fingerprint density at radius 3 is 1.50 bits per heavy atom. The van der Waals surface area contributed by atoms with Crippen LogP contribution in [0.3, 0.4) is 0 Å². The third-order valence-corrected chi connectivity index (χ3v) is 0. The Hall–Kier alpha value is 1.92. The molecule has 0 aromatic rings. The minimum absolute atomic E-state index is 0.0556. The van der Waals surface area contributed by atoms with Crippen LogP contribution in [0.4, 0.5) is 0 Å². The van der Waals surface area contributed by atoms with E-state index in [2.05, 4.69) is 24.9 Å². The van der Waals surface area contributed by atoms with Gasteiger partial charge in [-0.1, -0.05) is 0 Å². The summed E-state index contributed by atoms with van der Waals surface area (Å²) in [5.41, 5.74) is 0. The fourth-order valence-corrected chi connectivity index (χ4v) is 0. The molecule has 0 rings (SSSR count). The van der Waals surface area contributed by atoms with Crippen molar-refractivity contribution in [3.63, 3.8) is 0 Å². The molecular formula is CeMnOS. The van der Waals surface area contributed by atoms with E-state index < -0.39 is 0 Å². The summed E-state index contributed by atoms with van der Waals surface area (Å²) in [4.78, 5) is 0. The van der Waals surface area contributed by atoms with Crippen molar-refractivity contribution in [3.8, 4) is 0 Å². The van der Waals surface area contributed by atoms with Gasteiger partial charge < -0.3 is 0 Å². The van der Waals surface area contributed by atoms with E-state index in [0.29, 0.717) is 0 Å². The van der Waals surface area contributed by atoms with Gasteiger partial charge in [0.15, 0.2) is 0 Å². The summed E-state index contributed by atoms with van der Waals surface area (Å²) in [6.45, 7) is 0. The molecule has 0 aliphatic rings. The minimum atomic E-state index is 0.0556. The summed E-state index contributed by atoms with van der Waals surface area (Å²) in [5.74, 6) is 0. The molecule has 0 aliphatic heterocycles. The van der Waals surface area contributed by atoms with Crippen molar-refractivity contribution in [2.24, 2.45) is 0 Å². The van der Waals surface area contributed by atoms with Gasteiger partial charge in [-0.2, -0.15) is 0 Å². The molecule has 0 radical (unpaired) electrons. The second kappa shape index (κ2) is 20.5. The van der Waals surface area contributed by atoms with Gasteiger partial charge in [0.1, 0.15) is 0 Å². The molecule has 4 heteroatoms. The molecule has 0 aromatic heterocycles. The number of rotatable bonds is 0. The van der Waals surface area contributed by atoms with E-state index >= 15 is 0 Å². The third kappa shape index (κ3) is 9.07. The number of hydrogen-bond donors (Lipinski definition) is 0. The first-order valence-corrected chi connectivity index (χ1v) is 3.39. The van der Waals surface area contributed by atoms with Crippen LogP contribution in [0.15, 0.2) is 0 Å². The molecule has 0 saturated heterocycles. The summed E-state index contributed by atoms with van der Waals surface area (Å²) >= 11 is 2.58. The average molecular weight is 243 g/mol. The topological polar surface area (TPSA) is 17.1 Å². The molecule has 0 bridgehead atoms. The molecular weight excluding hydrogens is 243 g/mol. The van der Waals surface area contributed by atoms with Crippen LogP contribution in [0, 0.1) is 39.8 Å². The van der Waals surface area contributed by atoms with Crippen LogP contribution >= 0.6 is 10.6 Å². The van der Waals surface area contributed by atoms with Crippen LogP contribution in [0.1, 0.15) is 0 Å². The zero-order valence-electron chi connectivity index (χ0n) is 1.69. The monoisotopic (exact) mass is 243 g/mol. The molecule has 0 spiro atoms. The fourth-order valence-electron chi connectivity index (χ4n) is 0. The third-order valence-electron chi connectivity index (χ3n) is 0. The maximum absolute atomic E-state index is 8.39. The van der Waals surface area contributed by atoms with Crippen LogP contribution in [0.25, 0.3) is 0 Å². The van der Waals surface area contributed by atoms with Gasteiger partial charge in [-0.3, -0.25) is 0 Å². The van der Waals surface area contributed by atoms with E-state index in [0.717, 1.165) is 0 Å². The van der Waals surface area contributed by atoms with Crippen LogP contribution in [-0.2, 0) is 15.3 Å². The summed E-state index contributed by atoms with van der Waals surface area (Å²) in [6, 6.07) is 0. The first-order valence-electron chi connectivity index (χ1n) is 0.358. The van der Waals surface area contributed by atoms with E-state index in [9.17, 15) is 0 Å². The zero-order valence-corrected chi connectivity index (χ0v) is 6.83. The Morgan fingerprint density at radius 1 is 1.50 bits per heavy atom. The van der Waals surface area contributed by atoms with Crippen molar-refractivity contribution in [3.05, 3.63) is 0 Å². The van der Waals surface area contributed by atoms with Crippen LogP contribution < -0.4 is 0 Å². The molecule has 0 fully saturated rings. The van der Waals surface area contributed by atoms with Gasteiger partial charge >= 0.3 is 65.6 Å². The van der Waals surface area contributed by atoms with Crippen LogP contribution in [0.5, 0.6) is 0 Å². The molecule has 0 atom stereocenters. The standard InChI is InChI=1S/Ce.Mn.O.S. The Labute approximate surface area is 64.4 Å². The Kier molecular flexibility index (Phi) is 47.9. The second-order valence-corrected chi connectivity index (χ2v) is 0. The predicted molar refractivity (Wildman–Crippen MR) is 8.28 cm³/mol. The summed E-state index contributed by atoms with van der Waals surface area (Å²) < 4.78 is 8.39. The van der Waals surface area contributed by atoms with Crippen molar-refractivity contribution >= 4 is 10.6 Å². The number of hydrogen-bond acceptors (Lipinski definition) is 2. The van der Waals surface area contributed by atoms with Gasteiger partial charge in [-0.15, -0.1) is 0 Å². The molecule has 1 nitrogen and oxygen atoms in total. The maximum atomic E-state index is 8.39. The molecule has 0 heterocycles. The molecule has 23 valence electrons. The van der Waals surface area contributed by atoms with E-state index in [-0.39, 0.29) is 39.8 Å². The fraction of sp³-hybridized carbons (Fsp3) is 0. The predicted octanol–water partition coefficient (Wildman–Crippen LogP) is 0.527. The van der Waals surface area contributed by atoms with Gasteiger partial charge in [0, 0.05) is 0 Å². The molecule has 0 aromatic carbocycles. The molecule has 0 N–H and O–H groups in total. The van der Waals surface area contributed by atoms with E-state index in [1.807, 2.05) is 0 Å². The van der Waals surface area contributed by atoms with Crippen molar-refractivity contribution in [2.45, 2.75) is 0 Å². The van der Waals surface area contributed by atoms with E-state index in [1.165, 1.54) is 0 Å². The van der Waals surface area contributed by atoms with Gasteiger partial charge in [0.2, 0.25) is 0 Å². The summed E-state index contributed by atoms with van der Waals surface area (Å²) in [5, 5.41) is 0. The molecule has 0 unspecified atom stereocenters. The molecule has 0 amide bonds. The van der Waals surface area contributed by atoms with Crippen molar-refractivity contribution < 1.29 is 55.1 Å². The van der Waals surface area contributed by atoms with Crippen molar-refractivity contribution in [1.29, 1.82) is 0 Å². The van der Waals surface area contributed by atoms with Gasteiger partial charge in [0.05, 0.1) is 0 Å². The first-order chi connectivity index (χ1) is 2.00.